The van der Waals surface area contributed by atoms with Gasteiger partial charge in [-0.25, -0.2) is 9.50 Å². The predicted molar refractivity (Wildman–Crippen MR) is 121 cm³/mol. The normalized spacial score (nSPS) is 17.1. The van der Waals surface area contributed by atoms with E-state index in [-0.39, 0.29) is 23.2 Å². The molecule has 0 fully saturated rings. The Morgan fingerprint density at radius 3 is 2.53 bits per heavy atom. The average Bonchev–Trinajstić information content (AvgIpc) is 3.46. The number of fused-ring (bicyclic) bond motifs is 6. The van der Waals surface area contributed by atoms with Gasteiger partial charge in [0.25, 0.3) is 5.91 Å². The predicted octanol–water partition coefficient (Wildman–Crippen LogP) is 3.46. The van der Waals surface area contributed by atoms with Gasteiger partial charge < -0.3 is 14.4 Å². The van der Waals surface area contributed by atoms with Gasteiger partial charge in [0.2, 0.25) is 0 Å². The van der Waals surface area contributed by atoms with Crippen LogP contribution in [0.1, 0.15) is 38.9 Å². The van der Waals surface area contributed by atoms with Crippen LogP contribution in [0.15, 0.2) is 30.6 Å². The van der Waals surface area contributed by atoms with E-state index in [1.54, 1.807) is 19.1 Å². The van der Waals surface area contributed by atoms with Crippen LogP contribution in [0.2, 0.25) is 0 Å². The maximum atomic E-state index is 13.7. The molecule has 3 aromatic heterocycles. The smallest absolute Gasteiger partial charge is 0.433 e. The summed E-state index contributed by atoms with van der Waals surface area (Å²) in [6.07, 6.45) is -0.905. The number of halogens is 3. The zero-order chi connectivity index (χ0) is 25.4. The number of carbonyl (C=O) groups excluding carboxylic acids is 1. The first-order chi connectivity index (χ1) is 17.2. The first-order valence-corrected chi connectivity index (χ1v) is 11.2. The van der Waals surface area contributed by atoms with Crippen molar-refractivity contribution < 1.29 is 27.4 Å². The molecule has 186 valence electrons. The maximum absolute atomic E-state index is 13.7. The highest BCUT2D eigenvalue weighted by molar-refractivity contribution is 5.97. The van der Waals surface area contributed by atoms with Crippen LogP contribution >= 0.6 is 0 Å². The number of nitrogens with zero attached hydrogens (tertiary/aromatic N) is 6. The van der Waals surface area contributed by atoms with Crippen molar-refractivity contribution in [3.05, 3.63) is 58.7 Å². The molecule has 0 radical (unpaired) electrons. The van der Waals surface area contributed by atoms with Gasteiger partial charge in [0.15, 0.2) is 22.8 Å². The fourth-order valence-corrected chi connectivity index (χ4v) is 5.28. The number of aromatic nitrogens is 5. The summed E-state index contributed by atoms with van der Waals surface area (Å²) in [5.41, 5.74) is 2.38. The number of methoxy groups -OCH3 is 2. The number of rotatable bonds is 3. The van der Waals surface area contributed by atoms with Gasteiger partial charge in [-0.15, -0.1) is 0 Å². The van der Waals surface area contributed by atoms with Crippen molar-refractivity contribution in [2.75, 3.05) is 20.8 Å². The summed E-state index contributed by atoms with van der Waals surface area (Å²) < 4.78 is 54.2. The van der Waals surface area contributed by atoms with E-state index in [1.165, 1.54) is 23.8 Å². The standard InChI is InChI=1S/C24H21F3N6O3/c1-31-22(24(25,26)27)14(11-29-31)16-8-21-28-10-15-18(33(21)30-16)9-17-13-7-20(36-3)19(35-2)6-12(13)4-5-32(17)23(15)34/h6-8,10-11,17H,4-5,9H2,1-3H3. The quantitative estimate of drug-likeness (QED) is 0.430. The van der Waals surface area contributed by atoms with Crippen LogP contribution in [0.4, 0.5) is 13.2 Å². The third kappa shape index (κ3) is 3.16. The highest BCUT2D eigenvalue weighted by atomic mass is 19.4. The summed E-state index contributed by atoms with van der Waals surface area (Å²) in [4.78, 5) is 19.6. The van der Waals surface area contributed by atoms with Crippen LogP contribution in [0.5, 0.6) is 11.5 Å². The molecule has 1 amide bonds. The van der Waals surface area contributed by atoms with Crippen molar-refractivity contribution in [3.8, 4) is 22.8 Å². The lowest BCUT2D eigenvalue weighted by Crippen LogP contribution is -2.45. The molecule has 1 atom stereocenters. The fraction of sp³-hybridized carbons (Fsp3) is 0.333. The van der Waals surface area contributed by atoms with E-state index in [0.717, 1.165) is 22.0 Å². The highest BCUT2D eigenvalue weighted by Gasteiger charge is 2.40. The van der Waals surface area contributed by atoms with Crippen LogP contribution < -0.4 is 9.47 Å². The number of aryl methyl sites for hydroxylation is 1. The molecular weight excluding hydrogens is 477 g/mol. The molecule has 1 aromatic carbocycles. The van der Waals surface area contributed by atoms with Crippen LogP contribution in [0.25, 0.3) is 16.9 Å². The third-order valence-corrected chi connectivity index (χ3v) is 6.95. The van der Waals surface area contributed by atoms with Crippen LogP contribution in [-0.4, -0.2) is 55.9 Å². The van der Waals surface area contributed by atoms with Crippen molar-refractivity contribution in [1.82, 2.24) is 29.3 Å². The Kier molecular flexibility index (Phi) is 4.79. The minimum atomic E-state index is -4.61. The first kappa shape index (κ1) is 22.4. The van der Waals surface area contributed by atoms with Gasteiger partial charge in [0.05, 0.1) is 49.0 Å². The van der Waals surface area contributed by atoms with Crippen LogP contribution in [-0.2, 0) is 26.1 Å². The van der Waals surface area contributed by atoms with E-state index in [9.17, 15) is 18.0 Å². The molecule has 12 heteroatoms. The van der Waals surface area contributed by atoms with Gasteiger partial charge in [0.1, 0.15) is 0 Å². The highest BCUT2D eigenvalue weighted by Crippen LogP contribution is 2.43. The lowest BCUT2D eigenvalue weighted by molar-refractivity contribution is -0.143. The summed E-state index contributed by atoms with van der Waals surface area (Å²) in [7, 11) is 4.37. The van der Waals surface area contributed by atoms with Crippen LogP contribution in [0.3, 0.4) is 0 Å². The number of carbonyl (C=O) groups is 1. The molecule has 4 aromatic rings. The van der Waals surface area contributed by atoms with Crippen molar-refractivity contribution in [2.24, 2.45) is 7.05 Å². The van der Waals surface area contributed by atoms with E-state index in [4.69, 9.17) is 9.47 Å². The molecule has 2 aliphatic rings. The second-order valence-corrected chi connectivity index (χ2v) is 8.82. The fourth-order valence-electron chi connectivity index (χ4n) is 5.28. The van der Waals surface area contributed by atoms with Crippen molar-refractivity contribution in [2.45, 2.75) is 25.1 Å². The van der Waals surface area contributed by atoms with Gasteiger partial charge in [-0.1, -0.05) is 0 Å². The zero-order valence-electron chi connectivity index (χ0n) is 19.6. The van der Waals surface area contributed by atoms with E-state index in [0.29, 0.717) is 47.8 Å². The van der Waals surface area contributed by atoms with Crippen molar-refractivity contribution in [1.29, 1.82) is 0 Å². The summed E-state index contributed by atoms with van der Waals surface area (Å²) in [5, 5.41) is 8.24. The molecule has 0 saturated carbocycles. The Bertz CT molecular complexity index is 1540. The minimum absolute atomic E-state index is 0.0849. The first-order valence-electron chi connectivity index (χ1n) is 11.2. The molecule has 36 heavy (non-hydrogen) atoms. The van der Waals surface area contributed by atoms with E-state index in [1.807, 2.05) is 12.1 Å². The van der Waals surface area contributed by atoms with Gasteiger partial charge in [-0.05, 0) is 29.7 Å². The van der Waals surface area contributed by atoms with Crippen LogP contribution in [0, 0.1) is 0 Å². The van der Waals surface area contributed by atoms with Gasteiger partial charge in [-0.3, -0.25) is 9.48 Å². The summed E-state index contributed by atoms with van der Waals surface area (Å²) >= 11 is 0. The van der Waals surface area contributed by atoms with Gasteiger partial charge in [-0.2, -0.15) is 23.4 Å². The zero-order valence-corrected chi connectivity index (χ0v) is 19.6. The number of hydrogen-bond acceptors (Lipinski definition) is 6. The molecule has 0 aliphatic carbocycles. The van der Waals surface area contributed by atoms with Gasteiger partial charge >= 0.3 is 6.18 Å². The number of benzene rings is 1. The molecule has 1 unspecified atom stereocenters. The largest absolute Gasteiger partial charge is 0.493 e. The number of hydrogen-bond donors (Lipinski definition) is 0. The third-order valence-electron chi connectivity index (χ3n) is 6.95. The number of ether oxygens (including phenoxy) is 2. The Labute approximate surface area is 203 Å². The second kappa shape index (κ2) is 7.70. The lowest BCUT2D eigenvalue weighted by Gasteiger charge is -2.41. The van der Waals surface area contributed by atoms with Gasteiger partial charge in [0, 0.05) is 32.3 Å². The Hall–Kier alpha value is -4.09. The number of amides is 1. The molecule has 5 heterocycles. The summed E-state index contributed by atoms with van der Waals surface area (Å²) in [5.74, 6) is 0.992. The summed E-state index contributed by atoms with van der Waals surface area (Å²) in [6.45, 7) is 0.526. The maximum Gasteiger partial charge on any atom is 0.433 e. The SMILES string of the molecule is COc1cc2c(cc1OC)C1Cc3c(cnc4cc(-c5cnn(C)c5C(F)(F)F)nn34)C(=O)N1CC2. The molecule has 0 saturated heterocycles. The topological polar surface area (TPSA) is 86.8 Å². The molecule has 6 rings (SSSR count). The monoisotopic (exact) mass is 498 g/mol. The molecule has 9 nitrogen and oxygen atoms in total. The van der Waals surface area contributed by atoms with E-state index >= 15 is 0 Å². The molecule has 0 spiro atoms. The van der Waals surface area contributed by atoms with E-state index < -0.39 is 11.9 Å². The second-order valence-electron chi connectivity index (χ2n) is 8.82. The minimum Gasteiger partial charge on any atom is -0.493 e. The molecular formula is C24H21F3N6O3. The molecule has 0 N–H and O–H groups in total. The number of alkyl halides is 3. The van der Waals surface area contributed by atoms with E-state index in [2.05, 4.69) is 15.2 Å². The Morgan fingerprint density at radius 2 is 1.81 bits per heavy atom. The van der Waals surface area contributed by atoms with Crippen molar-refractivity contribution >= 4 is 11.6 Å². The molecule has 0 bridgehead atoms. The lowest BCUT2D eigenvalue weighted by atomic mass is 9.85. The molecule has 2 aliphatic heterocycles. The van der Waals surface area contributed by atoms with Crippen molar-refractivity contribution in [3.63, 3.8) is 0 Å². The Balaban J connectivity index is 1.49. The summed E-state index contributed by atoms with van der Waals surface area (Å²) in [6, 6.07) is 5.02. The average molecular weight is 498 g/mol. The Morgan fingerprint density at radius 1 is 1.06 bits per heavy atom.